The van der Waals surface area contributed by atoms with Crippen LogP contribution in [0.5, 0.6) is 0 Å². The lowest BCUT2D eigenvalue weighted by molar-refractivity contribution is -0.137. The van der Waals surface area contributed by atoms with E-state index in [1.807, 2.05) is 6.07 Å². The molecule has 1 aliphatic rings. The quantitative estimate of drug-likeness (QED) is 0.902. The lowest BCUT2D eigenvalue weighted by Crippen LogP contribution is -2.27. The smallest absolute Gasteiger partial charge is 0.303 e. The Bertz CT molecular complexity index is 458. The van der Waals surface area contributed by atoms with Gasteiger partial charge in [0.15, 0.2) is 0 Å². The Morgan fingerprint density at radius 3 is 2.79 bits per heavy atom. The highest BCUT2D eigenvalue weighted by Gasteiger charge is 2.19. The van der Waals surface area contributed by atoms with Crippen LogP contribution < -0.4 is 0 Å². The van der Waals surface area contributed by atoms with Gasteiger partial charge in [0.25, 0.3) is 5.91 Å². The van der Waals surface area contributed by atoms with E-state index in [4.69, 9.17) is 5.11 Å². The van der Waals surface area contributed by atoms with Crippen LogP contribution in [0.4, 0.5) is 0 Å². The molecule has 0 aliphatic heterocycles. The highest BCUT2D eigenvalue weighted by molar-refractivity contribution is 7.14. The lowest BCUT2D eigenvalue weighted by Gasteiger charge is -2.15. The first-order valence-corrected chi connectivity index (χ1v) is 7.48. The number of aliphatic carboxylic acids is 1. The van der Waals surface area contributed by atoms with Gasteiger partial charge in [-0.05, 0) is 43.7 Å². The minimum atomic E-state index is -0.813. The lowest BCUT2D eigenvalue weighted by atomic mass is 9.99. The van der Waals surface area contributed by atoms with E-state index in [0.717, 1.165) is 17.7 Å². The molecule has 0 radical (unpaired) electrons. The molecule has 2 rings (SSSR count). The Hall–Kier alpha value is -1.36. The maximum atomic E-state index is 12.2. The summed E-state index contributed by atoms with van der Waals surface area (Å²) in [4.78, 5) is 26.5. The number of nitrogens with zero attached hydrogens (tertiary/aromatic N) is 1. The number of carbonyl (C=O) groups excluding carboxylic acids is 1. The van der Waals surface area contributed by atoms with Gasteiger partial charge in [0.05, 0.1) is 4.88 Å². The molecule has 0 saturated carbocycles. The number of hydrogen-bond acceptors (Lipinski definition) is 3. The molecular weight excluding hydrogens is 262 g/mol. The highest BCUT2D eigenvalue weighted by atomic mass is 32.1. The second kappa shape index (κ2) is 6.19. The summed E-state index contributed by atoms with van der Waals surface area (Å²) in [6.45, 7) is 0.494. The van der Waals surface area contributed by atoms with Gasteiger partial charge in [-0.1, -0.05) is 0 Å². The van der Waals surface area contributed by atoms with Gasteiger partial charge in [0.1, 0.15) is 0 Å². The summed E-state index contributed by atoms with van der Waals surface area (Å²) in [6.07, 6.45) is 5.22. The van der Waals surface area contributed by atoms with Crippen molar-refractivity contribution in [3.05, 3.63) is 21.4 Å². The van der Waals surface area contributed by atoms with Gasteiger partial charge in [-0.15, -0.1) is 11.3 Å². The molecule has 0 fully saturated rings. The van der Waals surface area contributed by atoms with E-state index in [1.165, 1.54) is 23.3 Å². The Balaban J connectivity index is 1.95. The van der Waals surface area contributed by atoms with Crippen molar-refractivity contribution in [2.75, 3.05) is 13.6 Å². The standard InChI is InChI=1S/C14H19NO3S/c1-15(8-4-7-13(16)17)14(18)12-9-10-5-2-3-6-11(10)19-12/h9H,2-8H2,1H3,(H,16,17). The van der Waals surface area contributed by atoms with E-state index in [1.54, 1.807) is 23.3 Å². The molecule has 104 valence electrons. The molecule has 0 saturated heterocycles. The predicted octanol–water partition coefficient (Wildman–Crippen LogP) is 2.56. The van der Waals surface area contributed by atoms with E-state index in [9.17, 15) is 9.59 Å². The van der Waals surface area contributed by atoms with Crippen molar-refractivity contribution in [2.24, 2.45) is 0 Å². The van der Waals surface area contributed by atoms with E-state index in [0.29, 0.717) is 13.0 Å². The topological polar surface area (TPSA) is 57.6 Å². The number of carboxylic acid groups (broad SMARTS) is 1. The minimum absolute atomic E-state index is 0.0183. The zero-order valence-electron chi connectivity index (χ0n) is 11.1. The normalized spacial score (nSPS) is 13.9. The molecule has 1 aromatic rings. The van der Waals surface area contributed by atoms with Gasteiger partial charge in [-0.25, -0.2) is 0 Å². The molecule has 19 heavy (non-hydrogen) atoms. The predicted molar refractivity (Wildman–Crippen MR) is 74.8 cm³/mol. The molecule has 1 heterocycles. The van der Waals surface area contributed by atoms with Crippen LogP contribution in [0.2, 0.25) is 0 Å². The van der Waals surface area contributed by atoms with Crippen molar-refractivity contribution in [2.45, 2.75) is 38.5 Å². The van der Waals surface area contributed by atoms with Crippen molar-refractivity contribution < 1.29 is 14.7 Å². The van der Waals surface area contributed by atoms with E-state index in [2.05, 4.69) is 0 Å². The third-order valence-corrected chi connectivity index (χ3v) is 4.66. The fourth-order valence-electron chi connectivity index (χ4n) is 2.35. The number of fused-ring (bicyclic) bond motifs is 1. The van der Waals surface area contributed by atoms with Crippen LogP contribution in [-0.4, -0.2) is 35.5 Å². The van der Waals surface area contributed by atoms with Gasteiger partial charge >= 0.3 is 5.97 Å². The van der Waals surface area contributed by atoms with Crippen molar-refractivity contribution in [1.29, 1.82) is 0 Å². The molecule has 1 amide bonds. The average Bonchev–Trinajstić information content (AvgIpc) is 2.80. The zero-order valence-corrected chi connectivity index (χ0v) is 12.0. The molecular formula is C14H19NO3S. The number of carboxylic acids is 1. The maximum absolute atomic E-state index is 12.2. The van der Waals surface area contributed by atoms with Crippen LogP contribution in [0.3, 0.4) is 0 Å². The van der Waals surface area contributed by atoms with Crippen molar-refractivity contribution in [1.82, 2.24) is 4.90 Å². The van der Waals surface area contributed by atoms with Crippen LogP contribution in [0.25, 0.3) is 0 Å². The van der Waals surface area contributed by atoms with Gasteiger partial charge in [0.2, 0.25) is 0 Å². The Morgan fingerprint density at radius 1 is 1.37 bits per heavy atom. The van der Waals surface area contributed by atoms with Crippen LogP contribution in [0, 0.1) is 0 Å². The monoisotopic (exact) mass is 281 g/mol. The Kier molecular flexibility index (Phi) is 4.58. The second-order valence-electron chi connectivity index (χ2n) is 4.99. The number of thiophene rings is 1. The van der Waals surface area contributed by atoms with Crippen LogP contribution >= 0.6 is 11.3 Å². The van der Waals surface area contributed by atoms with Crippen molar-refractivity contribution in [3.63, 3.8) is 0 Å². The summed E-state index contributed by atoms with van der Waals surface area (Å²) in [5.41, 5.74) is 1.33. The number of hydrogen-bond donors (Lipinski definition) is 1. The first kappa shape index (κ1) is 14.1. The molecule has 5 heteroatoms. The maximum Gasteiger partial charge on any atom is 0.303 e. The van der Waals surface area contributed by atoms with Gasteiger partial charge in [0, 0.05) is 24.9 Å². The third kappa shape index (κ3) is 3.56. The highest BCUT2D eigenvalue weighted by Crippen LogP contribution is 2.30. The number of aryl methyl sites for hydroxylation is 2. The summed E-state index contributed by atoms with van der Waals surface area (Å²) >= 11 is 1.60. The summed E-state index contributed by atoms with van der Waals surface area (Å²) < 4.78 is 0. The van der Waals surface area contributed by atoms with Crippen LogP contribution in [-0.2, 0) is 17.6 Å². The van der Waals surface area contributed by atoms with E-state index in [-0.39, 0.29) is 12.3 Å². The third-order valence-electron chi connectivity index (χ3n) is 3.44. The van der Waals surface area contributed by atoms with Gasteiger partial charge in [-0.2, -0.15) is 0 Å². The van der Waals surface area contributed by atoms with Crippen molar-refractivity contribution >= 4 is 23.2 Å². The number of amides is 1. The van der Waals surface area contributed by atoms with Gasteiger partial charge < -0.3 is 10.0 Å². The Labute approximate surface area is 117 Å². The number of rotatable bonds is 5. The summed E-state index contributed by atoms with van der Waals surface area (Å²) in [6, 6.07) is 2.02. The summed E-state index contributed by atoms with van der Waals surface area (Å²) in [5.74, 6) is -0.794. The largest absolute Gasteiger partial charge is 0.481 e. The average molecular weight is 281 g/mol. The van der Waals surface area contributed by atoms with Gasteiger partial charge in [-0.3, -0.25) is 9.59 Å². The molecule has 0 unspecified atom stereocenters. The molecule has 0 aromatic carbocycles. The number of carbonyl (C=O) groups is 2. The SMILES string of the molecule is CN(CCCC(=O)O)C(=O)c1cc2c(s1)CCCC2. The fraction of sp³-hybridized carbons (Fsp3) is 0.571. The molecule has 4 nitrogen and oxygen atoms in total. The molecule has 0 bridgehead atoms. The molecule has 0 atom stereocenters. The minimum Gasteiger partial charge on any atom is -0.481 e. The molecule has 1 N–H and O–H groups in total. The second-order valence-corrected chi connectivity index (χ2v) is 6.13. The first-order valence-electron chi connectivity index (χ1n) is 6.67. The van der Waals surface area contributed by atoms with Crippen LogP contribution in [0.15, 0.2) is 6.07 Å². The fourth-order valence-corrected chi connectivity index (χ4v) is 3.60. The first-order chi connectivity index (χ1) is 9.08. The summed E-state index contributed by atoms with van der Waals surface area (Å²) in [7, 11) is 1.74. The molecule has 1 aliphatic carbocycles. The summed E-state index contributed by atoms with van der Waals surface area (Å²) in [5, 5.41) is 8.59. The van der Waals surface area contributed by atoms with Crippen molar-refractivity contribution in [3.8, 4) is 0 Å². The van der Waals surface area contributed by atoms with Crippen LogP contribution in [0.1, 0.15) is 45.8 Å². The zero-order chi connectivity index (χ0) is 13.8. The Morgan fingerprint density at radius 2 is 2.11 bits per heavy atom. The van der Waals surface area contributed by atoms with E-state index >= 15 is 0 Å². The molecule has 0 spiro atoms. The van der Waals surface area contributed by atoms with E-state index < -0.39 is 5.97 Å². The molecule has 1 aromatic heterocycles.